The van der Waals surface area contributed by atoms with E-state index in [1.54, 1.807) is 24.2 Å². The zero-order valence-corrected chi connectivity index (χ0v) is 22.6. The first kappa shape index (κ1) is 26.1. The summed E-state index contributed by atoms with van der Waals surface area (Å²) in [5.74, 6) is 1.74. The highest BCUT2D eigenvalue weighted by atomic mass is 32.2. The molecule has 1 aliphatic carbocycles. The molecule has 2 aromatic rings. The Morgan fingerprint density at radius 2 is 1.87 bits per heavy atom. The molecule has 2 bridgehead atoms. The second-order valence-electron chi connectivity index (χ2n) is 12.3. The zero-order valence-electron chi connectivity index (χ0n) is 21.8. The van der Waals surface area contributed by atoms with Crippen molar-refractivity contribution in [1.82, 2.24) is 25.1 Å². The van der Waals surface area contributed by atoms with Crippen LogP contribution in [0.5, 0.6) is 0 Å². The number of fused-ring (bicyclic) bond motifs is 4. The minimum Gasteiger partial charge on any atom is -0.353 e. The molecule has 4 aliphatic heterocycles. The number of amides is 1. The zero-order chi connectivity index (χ0) is 25.0. The summed E-state index contributed by atoms with van der Waals surface area (Å²) in [4.78, 5) is 28.0. The van der Waals surface area contributed by atoms with E-state index in [0.29, 0.717) is 35.4 Å². The van der Waals surface area contributed by atoms with Crippen molar-refractivity contribution in [3.05, 3.63) is 36.2 Å². The Morgan fingerprint density at radius 1 is 1.13 bits per heavy atom. The predicted octanol–water partition coefficient (Wildman–Crippen LogP) is 5.44. The van der Waals surface area contributed by atoms with Gasteiger partial charge in [0.05, 0.1) is 5.69 Å². The molecule has 2 unspecified atom stereocenters. The van der Waals surface area contributed by atoms with Gasteiger partial charge in [0.15, 0.2) is 5.82 Å². The SMILES string of the molecule is C.CN1C2CCC1CC(NC(=O)CC1CC3(CCN(Cc4ccc5c(c4)Nc4nccnc4S5)CC3)C1)C2. The van der Waals surface area contributed by atoms with Gasteiger partial charge in [0.1, 0.15) is 5.03 Å². The quantitative estimate of drug-likeness (QED) is 0.451. The summed E-state index contributed by atoms with van der Waals surface area (Å²) >= 11 is 1.68. The maximum atomic E-state index is 12.8. The van der Waals surface area contributed by atoms with Crippen LogP contribution >= 0.6 is 11.8 Å². The van der Waals surface area contributed by atoms with Crippen LogP contribution in [0.3, 0.4) is 0 Å². The molecule has 2 N–H and O–H groups in total. The molecule has 4 fully saturated rings. The fourth-order valence-corrected chi connectivity index (χ4v) is 8.70. The Balaban J connectivity index is 0.00000264. The summed E-state index contributed by atoms with van der Waals surface area (Å²) in [7, 11) is 2.26. The van der Waals surface area contributed by atoms with E-state index in [9.17, 15) is 4.79 Å². The molecular weight excluding hydrogens is 492 g/mol. The van der Waals surface area contributed by atoms with Crippen molar-refractivity contribution in [1.29, 1.82) is 0 Å². The number of carbonyl (C=O) groups excluding carboxylic acids is 1. The number of likely N-dealkylation sites (tertiary alicyclic amines) is 1. The van der Waals surface area contributed by atoms with Gasteiger partial charge >= 0.3 is 0 Å². The lowest BCUT2D eigenvalue weighted by atomic mass is 9.57. The second kappa shape index (κ2) is 10.4. The molecule has 3 saturated heterocycles. The van der Waals surface area contributed by atoms with E-state index in [2.05, 4.69) is 55.6 Å². The summed E-state index contributed by atoms with van der Waals surface area (Å²) in [6.07, 6.45) is 14.1. The number of hydrogen-bond acceptors (Lipinski definition) is 7. The number of benzene rings is 1. The third kappa shape index (κ3) is 5.07. The fraction of sp³-hybridized carbons (Fsp3) is 0.633. The number of aromatic nitrogens is 2. The molecule has 5 aliphatic rings. The first-order valence-corrected chi connectivity index (χ1v) is 15.0. The van der Waals surface area contributed by atoms with Crippen molar-refractivity contribution in [2.24, 2.45) is 11.3 Å². The number of nitrogens with one attached hydrogen (secondary N) is 2. The van der Waals surface area contributed by atoms with Crippen LogP contribution in [0.15, 0.2) is 40.5 Å². The topological polar surface area (TPSA) is 73.4 Å². The summed E-state index contributed by atoms with van der Waals surface area (Å²) < 4.78 is 0. The molecule has 1 spiro atoms. The molecule has 204 valence electrons. The fourth-order valence-electron chi connectivity index (χ4n) is 7.82. The Labute approximate surface area is 231 Å². The average molecular weight is 535 g/mol. The lowest BCUT2D eigenvalue weighted by Gasteiger charge is -2.52. The van der Waals surface area contributed by atoms with Gasteiger partial charge < -0.3 is 15.5 Å². The van der Waals surface area contributed by atoms with Gasteiger partial charge in [0.25, 0.3) is 0 Å². The number of hydrogen-bond donors (Lipinski definition) is 2. The summed E-state index contributed by atoms with van der Waals surface area (Å²) in [5.41, 5.74) is 2.97. The molecule has 1 saturated carbocycles. The van der Waals surface area contributed by atoms with Crippen molar-refractivity contribution >= 4 is 29.2 Å². The van der Waals surface area contributed by atoms with Gasteiger partial charge in [-0.1, -0.05) is 25.3 Å². The Bertz CT molecular complexity index is 1160. The molecule has 2 atom stereocenters. The second-order valence-corrected chi connectivity index (χ2v) is 13.3. The first-order chi connectivity index (χ1) is 18.0. The third-order valence-electron chi connectivity index (χ3n) is 9.87. The van der Waals surface area contributed by atoms with Crippen LogP contribution in [0.2, 0.25) is 0 Å². The van der Waals surface area contributed by atoms with E-state index in [-0.39, 0.29) is 7.43 Å². The van der Waals surface area contributed by atoms with Crippen LogP contribution in [0.4, 0.5) is 11.5 Å². The number of rotatable bonds is 5. The first-order valence-electron chi connectivity index (χ1n) is 14.1. The van der Waals surface area contributed by atoms with Crippen molar-refractivity contribution in [2.75, 3.05) is 25.5 Å². The maximum Gasteiger partial charge on any atom is 0.220 e. The van der Waals surface area contributed by atoms with Gasteiger partial charge in [-0.3, -0.25) is 9.69 Å². The van der Waals surface area contributed by atoms with Gasteiger partial charge in [-0.2, -0.15) is 0 Å². The molecule has 1 aromatic heterocycles. The maximum absolute atomic E-state index is 12.8. The highest BCUT2D eigenvalue weighted by Gasteiger charge is 2.46. The minimum absolute atomic E-state index is 0. The Morgan fingerprint density at radius 3 is 2.63 bits per heavy atom. The standard InChI is InChI=1S/C29H38N6OS.CH4/c1-34-22-3-4-23(34)15-21(14-22)32-26(36)13-20-16-29(17-20)6-10-35(11-7-29)18-19-2-5-25-24(12-19)33-27-28(37-25)31-9-8-30-27;/h2,5,8-9,12,20-23H,3-4,6-7,10-11,13-18H2,1H3,(H,30,33)(H,32,36);1H4. The highest BCUT2D eigenvalue weighted by Crippen LogP contribution is 2.54. The van der Waals surface area contributed by atoms with Crippen molar-refractivity contribution in [2.45, 2.75) is 99.8 Å². The molecule has 5 heterocycles. The summed E-state index contributed by atoms with van der Waals surface area (Å²) in [5, 5.41) is 7.80. The smallest absolute Gasteiger partial charge is 0.220 e. The van der Waals surface area contributed by atoms with Crippen LogP contribution in [-0.2, 0) is 11.3 Å². The predicted molar refractivity (Wildman–Crippen MR) is 153 cm³/mol. The minimum atomic E-state index is 0. The van der Waals surface area contributed by atoms with Gasteiger partial charge in [0, 0.05) is 48.4 Å². The van der Waals surface area contributed by atoms with E-state index in [0.717, 1.165) is 55.4 Å². The van der Waals surface area contributed by atoms with Crippen molar-refractivity contribution in [3.63, 3.8) is 0 Å². The molecule has 1 aromatic carbocycles. The normalized spacial score (nSPS) is 28.0. The number of anilines is 2. The molecule has 7 nitrogen and oxygen atoms in total. The van der Waals surface area contributed by atoms with E-state index in [4.69, 9.17) is 0 Å². The van der Waals surface area contributed by atoms with Crippen LogP contribution < -0.4 is 10.6 Å². The monoisotopic (exact) mass is 534 g/mol. The summed E-state index contributed by atoms with van der Waals surface area (Å²) in [6, 6.07) is 8.51. The molecular formula is C30H42N6OS. The van der Waals surface area contributed by atoms with Crippen molar-refractivity contribution in [3.8, 4) is 0 Å². The van der Waals surface area contributed by atoms with E-state index < -0.39 is 0 Å². The number of nitrogens with zero attached hydrogens (tertiary/aromatic N) is 4. The van der Waals surface area contributed by atoms with Crippen LogP contribution in [0.25, 0.3) is 0 Å². The lowest BCUT2D eigenvalue weighted by molar-refractivity contribution is -0.126. The van der Waals surface area contributed by atoms with Gasteiger partial charge in [-0.25, -0.2) is 9.97 Å². The van der Waals surface area contributed by atoms with Gasteiger partial charge in [0.2, 0.25) is 5.91 Å². The molecule has 7 rings (SSSR count). The van der Waals surface area contributed by atoms with E-state index in [1.165, 1.54) is 49.0 Å². The molecule has 1 amide bonds. The third-order valence-corrected chi connectivity index (χ3v) is 10.9. The van der Waals surface area contributed by atoms with Gasteiger partial charge in [-0.15, -0.1) is 0 Å². The lowest BCUT2D eigenvalue weighted by Crippen LogP contribution is -2.50. The highest BCUT2D eigenvalue weighted by molar-refractivity contribution is 7.99. The van der Waals surface area contributed by atoms with E-state index >= 15 is 0 Å². The molecule has 38 heavy (non-hydrogen) atoms. The Hall–Kier alpha value is -2.16. The summed E-state index contributed by atoms with van der Waals surface area (Å²) in [6.45, 7) is 3.31. The van der Waals surface area contributed by atoms with Crippen molar-refractivity contribution < 1.29 is 4.79 Å². The van der Waals surface area contributed by atoms with Crippen LogP contribution in [0.1, 0.15) is 70.8 Å². The largest absolute Gasteiger partial charge is 0.353 e. The van der Waals surface area contributed by atoms with E-state index in [1.807, 2.05) is 0 Å². The Kier molecular flexibility index (Phi) is 7.16. The average Bonchev–Trinajstić information content (AvgIpc) is 3.08. The number of carbonyl (C=O) groups is 1. The van der Waals surface area contributed by atoms with Gasteiger partial charge in [-0.05, 0) is 101 Å². The van der Waals surface area contributed by atoms with Crippen LogP contribution in [-0.4, -0.2) is 63.9 Å². The molecule has 0 radical (unpaired) electrons. The molecule has 8 heteroatoms. The number of piperidine rings is 2. The van der Waals surface area contributed by atoms with Crippen LogP contribution in [0, 0.1) is 11.3 Å².